The van der Waals surface area contributed by atoms with Crippen LogP contribution < -0.4 is 22.9 Å². The minimum absolute atomic E-state index is 0.0505. The number of benzene rings is 2. The Balaban J connectivity index is 2.26. The highest BCUT2D eigenvalue weighted by Crippen LogP contribution is 2.39. The average Bonchev–Trinajstić information content (AvgIpc) is 2.50. The maximum atomic E-state index is 12.9. The van der Waals surface area contributed by atoms with Gasteiger partial charge in [-0.15, -0.1) is 0 Å². The molecule has 0 amide bonds. The smallest absolute Gasteiger partial charge is 0.398 e. The van der Waals surface area contributed by atoms with Gasteiger partial charge in [0.25, 0.3) is 0 Å². The molecule has 27 heavy (non-hydrogen) atoms. The van der Waals surface area contributed by atoms with Crippen LogP contribution in [0.3, 0.4) is 0 Å². The molecule has 0 radical (unpaired) electrons. The second-order valence-electron chi connectivity index (χ2n) is 5.68. The molecule has 5 nitrogen and oxygen atoms in total. The van der Waals surface area contributed by atoms with Gasteiger partial charge in [0.2, 0.25) is 0 Å². The van der Waals surface area contributed by atoms with Crippen molar-refractivity contribution < 1.29 is 31.1 Å². The molecule has 0 atom stereocenters. The zero-order valence-electron chi connectivity index (χ0n) is 13.7. The van der Waals surface area contributed by atoms with Crippen molar-refractivity contribution in [3.05, 3.63) is 46.5 Å². The molecule has 0 bridgehead atoms. The van der Waals surface area contributed by atoms with E-state index in [1.165, 1.54) is 0 Å². The van der Waals surface area contributed by atoms with Crippen molar-refractivity contribution in [1.29, 1.82) is 0 Å². The molecule has 0 heterocycles. The van der Waals surface area contributed by atoms with Gasteiger partial charge >= 0.3 is 12.4 Å². The fourth-order valence-corrected chi connectivity index (χ4v) is 2.43. The molecule has 0 aliphatic heterocycles. The summed E-state index contributed by atoms with van der Waals surface area (Å²) in [5.74, 6) is 0. The minimum Gasteiger partial charge on any atom is -0.398 e. The Bertz CT molecular complexity index is 779. The molecule has 8 N–H and O–H groups in total. The summed E-state index contributed by atoms with van der Waals surface area (Å²) in [7, 11) is 0. The predicted molar refractivity (Wildman–Crippen MR) is 89.0 cm³/mol. The topological polar surface area (TPSA) is 113 Å². The highest BCUT2D eigenvalue weighted by molar-refractivity contribution is 5.67. The second kappa shape index (κ2) is 7.06. The lowest BCUT2D eigenvalue weighted by Crippen LogP contribution is -2.14. The third kappa shape index (κ3) is 4.30. The van der Waals surface area contributed by atoms with E-state index in [0.717, 1.165) is 24.3 Å². The van der Waals surface area contributed by atoms with Crippen LogP contribution >= 0.6 is 0 Å². The molecule has 148 valence electrons. The molecule has 0 aliphatic carbocycles. The maximum Gasteiger partial charge on any atom is 0.418 e. The van der Waals surface area contributed by atoms with E-state index in [1.54, 1.807) is 0 Å². The van der Waals surface area contributed by atoms with Crippen molar-refractivity contribution in [2.75, 3.05) is 22.9 Å². The normalized spacial score (nSPS) is 12.4. The molecular weight excluding hydrogens is 378 g/mol. The lowest BCUT2D eigenvalue weighted by Gasteiger charge is -2.18. The largest absolute Gasteiger partial charge is 0.418 e. The number of nitrogen functional groups attached to an aromatic ring is 4. The van der Waals surface area contributed by atoms with Crippen molar-refractivity contribution in [2.45, 2.75) is 25.6 Å². The van der Waals surface area contributed by atoms with Crippen LogP contribution in [0.4, 0.5) is 49.1 Å². The average molecular weight is 394 g/mol. The number of rotatable bonds is 4. The zero-order valence-corrected chi connectivity index (χ0v) is 13.7. The Morgan fingerprint density at radius 3 is 1.26 bits per heavy atom. The molecular formula is C16H16F6N4O. The molecule has 11 heteroatoms. The first-order valence-electron chi connectivity index (χ1n) is 7.39. The molecule has 0 saturated heterocycles. The van der Waals surface area contributed by atoms with Crippen molar-refractivity contribution in [2.24, 2.45) is 0 Å². The van der Waals surface area contributed by atoms with E-state index in [0.29, 0.717) is 0 Å². The molecule has 0 fully saturated rings. The summed E-state index contributed by atoms with van der Waals surface area (Å²) in [6, 6.07) is 3.50. The van der Waals surface area contributed by atoms with E-state index in [-0.39, 0.29) is 22.5 Å². The Morgan fingerprint density at radius 2 is 0.963 bits per heavy atom. The van der Waals surface area contributed by atoms with Crippen LogP contribution in [0.15, 0.2) is 24.3 Å². The summed E-state index contributed by atoms with van der Waals surface area (Å²) in [5, 5.41) is 0. The van der Waals surface area contributed by atoms with Crippen LogP contribution in [-0.4, -0.2) is 0 Å². The van der Waals surface area contributed by atoms with Crippen LogP contribution in [-0.2, 0) is 30.3 Å². The van der Waals surface area contributed by atoms with Crippen LogP contribution in [0.2, 0.25) is 0 Å². The highest BCUT2D eigenvalue weighted by atomic mass is 19.4. The van der Waals surface area contributed by atoms with Gasteiger partial charge in [-0.05, 0) is 24.3 Å². The van der Waals surface area contributed by atoms with E-state index in [9.17, 15) is 26.3 Å². The first-order valence-corrected chi connectivity index (χ1v) is 7.39. The summed E-state index contributed by atoms with van der Waals surface area (Å²) in [6.07, 6.45) is -9.38. The van der Waals surface area contributed by atoms with Gasteiger partial charge in [0, 0.05) is 22.5 Å². The van der Waals surface area contributed by atoms with Gasteiger partial charge in [0.15, 0.2) is 0 Å². The molecule has 0 aromatic heterocycles. The van der Waals surface area contributed by atoms with Gasteiger partial charge in [0.05, 0.1) is 35.7 Å². The SMILES string of the molecule is Nc1ccc(C(F)(F)F)c(N)c1COCc1c(N)ccc(C(F)(F)F)c1N. The van der Waals surface area contributed by atoms with Gasteiger partial charge in [-0.3, -0.25) is 0 Å². The van der Waals surface area contributed by atoms with E-state index < -0.39 is 48.1 Å². The minimum atomic E-state index is -4.69. The fourth-order valence-electron chi connectivity index (χ4n) is 2.43. The van der Waals surface area contributed by atoms with Crippen molar-refractivity contribution in [3.63, 3.8) is 0 Å². The molecule has 2 aromatic carbocycles. The third-order valence-electron chi connectivity index (χ3n) is 3.89. The quantitative estimate of drug-likeness (QED) is 0.466. The molecule has 2 aromatic rings. The fraction of sp³-hybridized carbons (Fsp3) is 0.250. The van der Waals surface area contributed by atoms with Crippen molar-refractivity contribution in [1.82, 2.24) is 0 Å². The van der Waals surface area contributed by atoms with E-state index >= 15 is 0 Å². The maximum absolute atomic E-state index is 12.9. The lowest BCUT2D eigenvalue weighted by molar-refractivity contribution is -0.137. The number of halogens is 6. The van der Waals surface area contributed by atoms with Gasteiger partial charge < -0.3 is 27.7 Å². The summed E-state index contributed by atoms with van der Waals surface area (Å²) in [4.78, 5) is 0. The highest BCUT2D eigenvalue weighted by Gasteiger charge is 2.35. The van der Waals surface area contributed by atoms with E-state index in [4.69, 9.17) is 27.7 Å². The predicted octanol–water partition coefficient (Wildman–Crippen LogP) is 3.77. The van der Waals surface area contributed by atoms with E-state index in [2.05, 4.69) is 0 Å². The molecule has 0 unspecified atom stereocenters. The summed E-state index contributed by atoms with van der Waals surface area (Å²) >= 11 is 0. The van der Waals surface area contributed by atoms with Crippen LogP contribution in [0, 0.1) is 0 Å². The Hall–Kier alpha value is -2.82. The number of nitrogens with two attached hydrogens (primary N) is 4. The number of anilines is 4. The number of ether oxygens (including phenoxy) is 1. The lowest BCUT2D eigenvalue weighted by atomic mass is 10.0. The van der Waals surface area contributed by atoms with Crippen LogP contribution in [0.1, 0.15) is 22.3 Å². The van der Waals surface area contributed by atoms with Crippen LogP contribution in [0.5, 0.6) is 0 Å². The van der Waals surface area contributed by atoms with Crippen LogP contribution in [0.25, 0.3) is 0 Å². The molecule has 0 saturated carbocycles. The van der Waals surface area contributed by atoms with E-state index in [1.807, 2.05) is 0 Å². The summed E-state index contributed by atoms with van der Waals surface area (Å²) in [5.41, 5.74) is 18.5. The molecule has 0 aliphatic rings. The second-order valence-corrected chi connectivity index (χ2v) is 5.68. The molecule has 2 rings (SSSR count). The first kappa shape index (κ1) is 20.5. The van der Waals surface area contributed by atoms with Gasteiger partial charge in [0.1, 0.15) is 0 Å². The van der Waals surface area contributed by atoms with Gasteiger partial charge in [-0.1, -0.05) is 0 Å². The number of alkyl halides is 6. The Morgan fingerprint density at radius 1 is 0.630 bits per heavy atom. The summed E-state index contributed by atoms with van der Waals surface area (Å²) < 4.78 is 82.7. The monoisotopic (exact) mass is 394 g/mol. The molecule has 0 spiro atoms. The first-order chi connectivity index (χ1) is 12.3. The standard InChI is InChI=1S/C16H16F6N4O/c17-15(18,19)9-1-3-11(23)7(13(9)25)5-27-6-8-12(24)4-2-10(14(8)26)16(20,21)22/h1-4H,5-6,23-26H2. The third-order valence-corrected chi connectivity index (χ3v) is 3.89. The Labute approximate surface area is 149 Å². The van der Waals surface area contributed by atoms with Crippen molar-refractivity contribution in [3.8, 4) is 0 Å². The number of hydrogen-bond acceptors (Lipinski definition) is 5. The van der Waals surface area contributed by atoms with Gasteiger partial charge in [-0.2, -0.15) is 26.3 Å². The van der Waals surface area contributed by atoms with Crippen molar-refractivity contribution >= 4 is 22.7 Å². The summed E-state index contributed by atoms with van der Waals surface area (Å²) in [6.45, 7) is -0.951. The Kier molecular flexibility index (Phi) is 5.36. The number of hydrogen-bond donors (Lipinski definition) is 4. The zero-order chi connectivity index (χ0) is 20.6. The van der Waals surface area contributed by atoms with Gasteiger partial charge in [-0.25, -0.2) is 0 Å².